The van der Waals surface area contributed by atoms with Gasteiger partial charge in [-0.1, -0.05) is 5.16 Å². The van der Waals surface area contributed by atoms with Crippen molar-refractivity contribution < 1.29 is 4.52 Å². The molecule has 0 spiro atoms. The molecule has 102 valence electrons. The number of aryl methyl sites for hydroxylation is 2. The Labute approximate surface area is 113 Å². The van der Waals surface area contributed by atoms with E-state index in [1.807, 2.05) is 26.4 Å². The van der Waals surface area contributed by atoms with Crippen LogP contribution in [0, 0.1) is 13.8 Å². The third kappa shape index (κ3) is 2.42. The highest BCUT2D eigenvalue weighted by atomic mass is 16.5. The fraction of sp³-hybridized carbons (Fsp3) is 0.571. The van der Waals surface area contributed by atoms with E-state index < -0.39 is 0 Å². The van der Waals surface area contributed by atoms with Gasteiger partial charge in [-0.2, -0.15) is 0 Å². The van der Waals surface area contributed by atoms with Crippen molar-refractivity contribution in [3.8, 4) is 0 Å². The minimum Gasteiger partial charge on any atom is -0.361 e. The molecule has 5 heteroatoms. The summed E-state index contributed by atoms with van der Waals surface area (Å²) in [7, 11) is 0. The third-order valence-corrected chi connectivity index (χ3v) is 4.11. The first-order valence-corrected chi connectivity index (χ1v) is 6.88. The number of hydrogen-bond donors (Lipinski definition) is 1. The van der Waals surface area contributed by atoms with E-state index in [2.05, 4.69) is 26.2 Å². The number of nitrogens with zero attached hydrogens (tertiary/aromatic N) is 3. The summed E-state index contributed by atoms with van der Waals surface area (Å²) < 4.78 is 7.42. The molecule has 1 fully saturated rings. The van der Waals surface area contributed by atoms with Crippen LogP contribution in [0.25, 0.3) is 0 Å². The standard InChI is InChI=1S/C14H20N4O/c1-10-12(11(2)19-17-10)8-16-13-4-3-5-14(13)18-7-6-15-9-18/h6-7,9,13-14,16H,3-5,8H2,1-2H3. The number of aromatic nitrogens is 3. The second-order valence-electron chi connectivity index (χ2n) is 5.30. The van der Waals surface area contributed by atoms with Gasteiger partial charge in [-0.3, -0.25) is 0 Å². The van der Waals surface area contributed by atoms with E-state index in [9.17, 15) is 0 Å². The molecule has 2 aromatic heterocycles. The molecule has 0 aliphatic heterocycles. The molecular formula is C14H20N4O. The van der Waals surface area contributed by atoms with Crippen LogP contribution in [-0.2, 0) is 6.54 Å². The van der Waals surface area contributed by atoms with Gasteiger partial charge in [0.2, 0.25) is 0 Å². The van der Waals surface area contributed by atoms with Crippen LogP contribution in [0.5, 0.6) is 0 Å². The second-order valence-corrected chi connectivity index (χ2v) is 5.30. The number of rotatable bonds is 4. The molecule has 1 aliphatic carbocycles. The highest BCUT2D eigenvalue weighted by Crippen LogP contribution is 2.30. The van der Waals surface area contributed by atoms with Gasteiger partial charge in [-0.05, 0) is 33.1 Å². The van der Waals surface area contributed by atoms with Crippen LogP contribution in [0.4, 0.5) is 0 Å². The molecule has 2 aromatic rings. The molecule has 0 aromatic carbocycles. The monoisotopic (exact) mass is 260 g/mol. The minimum absolute atomic E-state index is 0.503. The first-order valence-electron chi connectivity index (χ1n) is 6.88. The van der Waals surface area contributed by atoms with Gasteiger partial charge in [0.25, 0.3) is 0 Å². The van der Waals surface area contributed by atoms with Crippen LogP contribution < -0.4 is 5.32 Å². The average molecular weight is 260 g/mol. The van der Waals surface area contributed by atoms with Crippen molar-refractivity contribution in [1.29, 1.82) is 0 Å². The van der Waals surface area contributed by atoms with Gasteiger partial charge < -0.3 is 14.4 Å². The Morgan fingerprint density at radius 2 is 2.32 bits per heavy atom. The van der Waals surface area contributed by atoms with E-state index >= 15 is 0 Å². The molecule has 2 heterocycles. The summed E-state index contributed by atoms with van der Waals surface area (Å²) in [4.78, 5) is 4.15. The van der Waals surface area contributed by atoms with E-state index in [4.69, 9.17) is 4.52 Å². The van der Waals surface area contributed by atoms with Crippen LogP contribution in [0.1, 0.15) is 42.3 Å². The van der Waals surface area contributed by atoms with Gasteiger partial charge in [-0.15, -0.1) is 0 Å². The van der Waals surface area contributed by atoms with E-state index in [0.29, 0.717) is 12.1 Å². The predicted molar refractivity (Wildman–Crippen MR) is 71.7 cm³/mol. The zero-order chi connectivity index (χ0) is 13.2. The van der Waals surface area contributed by atoms with E-state index in [1.54, 1.807) is 0 Å². The SMILES string of the molecule is Cc1noc(C)c1CNC1CCCC1n1ccnc1. The summed E-state index contributed by atoms with van der Waals surface area (Å²) in [6, 6.07) is 1.02. The molecule has 0 bridgehead atoms. The molecule has 1 saturated carbocycles. The molecule has 5 nitrogen and oxygen atoms in total. The number of hydrogen-bond acceptors (Lipinski definition) is 4. The maximum absolute atomic E-state index is 5.20. The lowest BCUT2D eigenvalue weighted by atomic mass is 10.1. The Hall–Kier alpha value is -1.62. The second kappa shape index (κ2) is 5.17. The summed E-state index contributed by atoms with van der Waals surface area (Å²) >= 11 is 0. The lowest BCUT2D eigenvalue weighted by Crippen LogP contribution is -2.33. The molecule has 19 heavy (non-hydrogen) atoms. The Morgan fingerprint density at radius 3 is 3.00 bits per heavy atom. The third-order valence-electron chi connectivity index (χ3n) is 4.11. The highest BCUT2D eigenvalue weighted by molar-refractivity contribution is 5.20. The fourth-order valence-electron chi connectivity index (χ4n) is 2.99. The molecule has 1 aliphatic rings. The van der Waals surface area contributed by atoms with Crippen molar-refractivity contribution in [3.63, 3.8) is 0 Å². The minimum atomic E-state index is 0.503. The smallest absolute Gasteiger partial charge is 0.138 e. The van der Waals surface area contributed by atoms with E-state index in [-0.39, 0.29) is 0 Å². The van der Waals surface area contributed by atoms with E-state index in [1.165, 1.54) is 24.8 Å². The summed E-state index contributed by atoms with van der Waals surface area (Å²) in [6.45, 7) is 4.80. The summed E-state index contributed by atoms with van der Waals surface area (Å²) in [5.74, 6) is 0.919. The largest absolute Gasteiger partial charge is 0.361 e. The Bertz CT molecular complexity index is 512. The van der Waals surface area contributed by atoms with Gasteiger partial charge in [0.1, 0.15) is 5.76 Å². The zero-order valence-electron chi connectivity index (χ0n) is 11.5. The lowest BCUT2D eigenvalue weighted by molar-refractivity contribution is 0.382. The quantitative estimate of drug-likeness (QED) is 0.917. The Morgan fingerprint density at radius 1 is 1.42 bits per heavy atom. The Balaban J connectivity index is 1.66. The number of nitrogens with one attached hydrogen (secondary N) is 1. The van der Waals surface area contributed by atoms with Gasteiger partial charge in [-0.25, -0.2) is 4.98 Å². The first kappa shape index (κ1) is 12.4. The molecule has 3 rings (SSSR count). The van der Waals surface area contributed by atoms with Crippen LogP contribution >= 0.6 is 0 Å². The van der Waals surface area contributed by atoms with Crippen molar-refractivity contribution >= 4 is 0 Å². The van der Waals surface area contributed by atoms with Crippen LogP contribution in [0.15, 0.2) is 23.2 Å². The lowest BCUT2D eigenvalue weighted by Gasteiger charge is -2.22. The summed E-state index contributed by atoms with van der Waals surface area (Å²) in [6.07, 6.45) is 9.52. The van der Waals surface area contributed by atoms with Crippen molar-refractivity contribution in [1.82, 2.24) is 20.0 Å². The highest BCUT2D eigenvalue weighted by Gasteiger charge is 2.28. The number of imidazole rings is 1. The average Bonchev–Trinajstić information content (AvgIpc) is 3.09. The maximum atomic E-state index is 5.20. The maximum Gasteiger partial charge on any atom is 0.138 e. The zero-order valence-corrected chi connectivity index (χ0v) is 11.5. The van der Waals surface area contributed by atoms with Crippen LogP contribution in [-0.4, -0.2) is 20.7 Å². The van der Waals surface area contributed by atoms with Crippen LogP contribution in [0.2, 0.25) is 0 Å². The van der Waals surface area contributed by atoms with Crippen molar-refractivity contribution in [3.05, 3.63) is 35.7 Å². The van der Waals surface area contributed by atoms with Gasteiger partial charge in [0.05, 0.1) is 12.0 Å². The van der Waals surface area contributed by atoms with E-state index in [0.717, 1.165) is 18.0 Å². The molecule has 0 amide bonds. The Kier molecular flexibility index (Phi) is 3.38. The molecule has 2 atom stereocenters. The molecular weight excluding hydrogens is 240 g/mol. The van der Waals surface area contributed by atoms with Crippen molar-refractivity contribution in [2.24, 2.45) is 0 Å². The predicted octanol–water partition coefficient (Wildman–Crippen LogP) is 2.37. The van der Waals surface area contributed by atoms with Crippen molar-refractivity contribution in [2.75, 3.05) is 0 Å². The molecule has 1 N–H and O–H groups in total. The molecule has 2 unspecified atom stereocenters. The summed E-state index contributed by atoms with van der Waals surface area (Å²) in [5.41, 5.74) is 2.18. The van der Waals surface area contributed by atoms with Crippen LogP contribution in [0.3, 0.4) is 0 Å². The van der Waals surface area contributed by atoms with Gasteiger partial charge in [0.15, 0.2) is 0 Å². The normalized spacial score (nSPS) is 23.1. The van der Waals surface area contributed by atoms with Gasteiger partial charge in [0, 0.05) is 36.6 Å². The molecule has 0 radical (unpaired) electrons. The topological polar surface area (TPSA) is 55.9 Å². The first-order chi connectivity index (χ1) is 9.25. The molecule has 0 saturated heterocycles. The van der Waals surface area contributed by atoms with Crippen molar-refractivity contribution in [2.45, 2.75) is 51.7 Å². The summed E-state index contributed by atoms with van der Waals surface area (Å²) in [5, 5.41) is 7.66. The fourth-order valence-corrected chi connectivity index (χ4v) is 2.99. The van der Waals surface area contributed by atoms with Gasteiger partial charge >= 0.3 is 0 Å².